The van der Waals surface area contributed by atoms with Crippen LogP contribution in [-0.4, -0.2) is 33.8 Å². The minimum Gasteiger partial charge on any atom is -0.503 e. The van der Waals surface area contributed by atoms with Crippen LogP contribution in [0.15, 0.2) is 17.1 Å². The lowest BCUT2D eigenvalue weighted by Gasteiger charge is -2.36. The smallest absolute Gasteiger partial charge is 0.409 e. The second-order valence-corrected chi connectivity index (χ2v) is 5.07. The van der Waals surface area contributed by atoms with Crippen molar-refractivity contribution < 1.29 is 18.3 Å². The summed E-state index contributed by atoms with van der Waals surface area (Å²) in [5.74, 6) is -0.817. The average molecular weight is 290 g/mol. The van der Waals surface area contributed by atoms with Crippen LogP contribution in [0.3, 0.4) is 0 Å². The number of aryl methyl sites for hydroxylation is 1. The maximum atomic E-state index is 13.4. The van der Waals surface area contributed by atoms with E-state index in [2.05, 4.69) is 0 Å². The second kappa shape index (κ2) is 5.47. The predicted octanol–water partition coefficient (Wildman–Crippen LogP) is 2.18. The molecule has 1 N–H and O–H groups in total. The molecule has 0 spiro atoms. The van der Waals surface area contributed by atoms with Gasteiger partial charge in [0.1, 0.15) is 0 Å². The number of alkyl halides is 3. The summed E-state index contributed by atoms with van der Waals surface area (Å²) in [6.07, 6.45) is -1.01. The van der Waals surface area contributed by atoms with E-state index in [1.165, 1.54) is 22.7 Å². The van der Waals surface area contributed by atoms with E-state index in [0.717, 1.165) is 12.5 Å². The number of nitrogens with zero attached hydrogens (tertiary/aromatic N) is 2. The third-order valence-corrected chi connectivity index (χ3v) is 3.63. The summed E-state index contributed by atoms with van der Waals surface area (Å²) in [4.78, 5) is 12.7. The molecule has 0 amide bonds. The molecule has 7 heteroatoms. The molecular weight excluding hydrogens is 273 g/mol. The van der Waals surface area contributed by atoms with E-state index in [4.69, 9.17) is 0 Å². The number of hydrogen-bond donors (Lipinski definition) is 1. The van der Waals surface area contributed by atoms with E-state index >= 15 is 0 Å². The van der Waals surface area contributed by atoms with Gasteiger partial charge in [-0.3, -0.25) is 9.69 Å². The maximum absolute atomic E-state index is 13.4. The largest absolute Gasteiger partial charge is 0.503 e. The molecule has 112 valence electrons. The number of likely N-dealkylation sites (tertiary alicyclic amines) is 1. The van der Waals surface area contributed by atoms with Crippen LogP contribution >= 0.6 is 0 Å². The van der Waals surface area contributed by atoms with Gasteiger partial charge in [0.05, 0.1) is 5.69 Å². The molecule has 20 heavy (non-hydrogen) atoms. The number of halogens is 3. The molecule has 0 saturated carbocycles. The monoisotopic (exact) mass is 290 g/mol. The third kappa shape index (κ3) is 2.82. The topological polar surface area (TPSA) is 45.5 Å². The highest BCUT2D eigenvalue weighted by Crippen LogP contribution is 2.40. The van der Waals surface area contributed by atoms with Gasteiger partial charge in [0, 0.05) is 19.3 Å². The molecule has 1 aliphatic rings. The number of piperidine rings is 1. The zero-order chi connectivity index (χ0) is 14.9. The van der Waals surface area contributed by atoms with Gasteiger partial charge in [-0.2, -0.15) is 13.2 Å². The number of aromatic hydroxyl groups is 1. The van der Waals surface area contributed by atoms with Gasteiger partial charge < -0.3 is 9.67 Å². The lowest BCUT2D eigenvalue weighted by atomic mass is 10.0. The SMILES string of the molecule is Cn1ccc(=O)c(O)c1C(N1CCCCC1)C(F)(F)F. The zero-order valence-electron chi connectivity index (χ0n) is 11.2. The fraction of sp³-hybridized carbons (Fsp3) is 0.615. The van der Waals surface area contributed by atoms with Gasteiger partial charge in [0.15, 0.2) is 11.8 Å². The van der Waals surface area contributed by atoms with Gasteiger partial charge in [-0.15, -0.1) is 0 Å². The highest BCUT2D eigenvalue weighted by Gasteiger charge is 2.47. The number of aromatic nitrogens is 1. The molecule has 0 radical (unpaired) electrons. The predicted molar refractivity (Wildman–Crippen MR) is 67.6 cm³/mol. The summed E-state index contributed by atoms with van der Waals surface area (Å²) < 4.78 is 41.4. The van der Waals surface area contributed by atoms with Crippen molar-refractivity contribution in [1.29, 1.82) is 0 Å². The van der Waals surface area contributed by atoms with Gasteiger partial charge in [-0.05, 0) is 25.9 Å². The first-order valence-corrected chi connectivity index (χ1v) is 6.51. The van der Waals surface area contributed by atoms with E-state index in [1.807, 2.05) is 0 Å². The van der Waals surface area contributed by atoms with Crippen molar-refractivity contribution in [3.63, 3.8) is 0 Å². The first-order chi connectivity index (χ1) is 9.32. The fourth-order valence-electron chi connectivity index (χ4n) is 2.67. The Labute approximate surface area is 114 Å². The molecule has 1 atom stereocenters. The Hall–Kier alpha value is -1.50. The van der Waals surface area contributed by atoms with Crippen LogP contribution in [0.1, 0.15) is 31.0 Å². The Kier molecular flexibility index (Phi) is 4.08. The molecule has 1 aromatic heterocycles. The average Bonchev–Trinajstić information content (AvgIpc) is 2.39. The number of hydrogen-bond acceptors (Lipinski definition) is 3. The van der Waals surface area contributed by atoms with Crippen molar-refractivity contribution in [2.24, 2.45) is 7.05 Å². The Bertz CT molecular complexity index is 533. The summed E-state index contributed by atoms with van der Waals surface area (Å²) in [5, 5.41) is 9.78. The lowest BCUT2D eigenvalue weighted by molar-refractivity contribution is -0.190. The van der Waals surface area contributed by atoms with Crippen LogP contribution in [0.2, 0.25) is 0 Å². The van der Waals surface area contributed by atoms with E-state index < -0.39 is 23.4 Å². The Morgan fingerprint density at radius 2 is 1.85 bits per heavy atom. The van der Waals surface area contributed by atoms with Gasteiger partial charge >= 0.3 is 6.18 Å². The Morgan fingerprint density at radius 3 is 2.40 bits per heavy atom. The molecule has 1 fully saturated rings. The van der Waals surface area contributed by atoms with Crippen LogP contribution in [0, 0.1) is 0 Å². The van der Waals surface area contributed by atoms with E-state index in [-0.39, 0.29) is 5.69 Å². The van der Waals surface area contributed by atoms with Crippen molar-refractivity contribution in [2.45, 2.75) is 31.5 Å². The van der Waals surface area contributed by atoms with Crippen molar-refractivity contribution >= 4 is 0 Å². The molecule has 1 aliphatic heterocycles. The highest BCUT2D eigenvalue weighted by molar-refractivity contribution is 5.30. The van der Waals surface area contributed by atoms with Crippen molar-refractivity contribution in [3.05, 3.63) is 28.2 Å². The second-order valence-electron chi connectivity index (χ2n) is 5.07. The normalized spacial score (nSPS) is 19.0. The standard InChI is InChI=1S/C13H17F3N2O2/c1-17-8-5-9(19)11(20)10(17)12(13(14,15)16)18-6-3-2-4-7-18/h5,8,12,20H,2-4,6-7H2,1H3. The van der Waals surface area contributed by atoms with Gasteiger partial charge in [0.2, 0.25) is 5.43 Å². The zero-order valence-corrected chi connectivity index (χ0v) is 11.2. The Morgan fingerprint density at radius 1 is 1.25 bits per heavy atom. The number of rotatable bonds is 2. The first kappa shape index (κ1) is 14.9. The van der Waals surface area contributed by atoms with Crippen molar-refractivity contribution in [2.75, 3.05) is 13.1 Å². The lowest BCUT2D eigenvalue weighted by Crippen LogP contribution is -2.43. The minimum atomic E-state index is -4.54. The fourth-order valence-corrected chi connectivity index (χ4v) is 2.67. The quantitative estimate of drug-likeness (QED) is 0.908. The van der Waals surface area contributed by atoms with Gasteiger partial charge in [0.25, 0.3) is 0 Å². The number of pyridine rings is 1. The van der Waals surface area contributed by atoms with Crippen molar-refractivity contribution in [3.8, 4) is 5.75 Å². The first-order valence-electron chi connectivity index (χ1n) is 6.51. The van der Waals surface area contributed by atoms with Crippen LogP contribution in [0.4, 0.5) is 13.2 Å². The molecule has 4 nitrogen and oxygen atoms in total. The van der Waals surface area contributed by atoms with Crippen LogP contribution in [-0.2, 0) is 7.05 Å². The molecule has 2 heterocycles. The van der Waals surface area contributed by atoms with Crippen LogP contribution in [0.25, 0.3) is 0 Å². The van der Waals surface area contributed by atoms with Gasteiger partial charge in [-0.25, -0.2) is 0 Å². The summed E-state index contributed by atoms with van der Waals surface area (Å²) in [5.41, 5.74) is -1.17. The molecule has 1 aromatic rings. The summed E-state index contributed by atoms with van der Waals surface area (Å²) in [6.45, 7) is 0.624. The van der Waals surface area contributed by atoms with Crippen LogP contribution < -0.4 is 5.43 Å². The van der Waals surface area contributed by atoms with E-state index in [1.54, 1.807) is 0 Å². The molecular formula is C13H17F3N2O2. The summed E-state index contributed by atoms with van der Waals surface area (Å²) in [6, 6.07) is -0.885. The minimum absolute atomic E-state index is 0.312. The van der Waals surface area contributed by atoms with Crippen molar-refractivity contribution in [1.82, 2.24) is 9.47 Å². The molecule has 0 aliphatic carbocycles. The molecule has 1 unspecified atom stereocenters. The molecule has 1 saturated heterocycles. The Balaban J connectivity index is 2.52. The molecule has 0 aromatic carbocycles. The molecule has 2 rings (SSSR count). The third-order valence-electron chi connectivity index (χ3n) is 3.63. The van der Waals surface area contributed by atoms with Gasteiger partial charge in [-0.1, -0.05) is 6.42 Å². The maximum Gasteiger partial charge on any atom is 0.409 e. The summed E-state index contributed by atoms with van der Waals surface area (Å²) >= 11 is 0. The van der Waals surface area contributed by atoms with E-state index in [9.17, 15) is 23.1 Å². The van der Waals surface area contributed by atoms with Crippen LogP contribution in [0.5, 0.6) is 5.75 Å². The summed E-state index contributed by atoms with van der Waals surface area (Å²) in [7, 11) is 1.40. The van der Waals surface area contributed by atoms with E-state index in [0.29, 0.717) is 25.9 Å². The highest BCUT2D eigenvalue weighted by atomic mass is 19.4. The molecule has 0 bridgehead atoms.